The molecular formula is C28H20ClNO7. The number of carbonyl (C=O) groups is 3. The van der Waals surface area contributed by atoms with E-state index in [1.54, 1.807) is 54.6 Å². The quantitative estimate of drug-likeness (QED) is 0.308. The van der Waals surface area contributed by atoms with Gasteiger partial charge in [-0.1, -0.05) is 35.9 Å². The lowest BCUT2D eigenvalue weighted by molar-refractivity contribution is -0.130. The fraction of sp³-hybridized carbons (Fsp3) is 0.107. The summed E-state index contributed by atoms with van der Waals surface area (Å²) >= 11 is 6.06. The number of carboxylic acid groups (broad SMARTS) is 1. The van der Waals surface area contributed by atoms with E-state index in [2.05, 4.69) is 0 Å². The van der Waals surface area contributed by atoms with Gasteiger partial charge in [-0.3, -0.25) is 9.59 Å². The summed E-state index contributed by atoms with van der Waals surface area (Å²) in [4.78, 5) is 39.5. The van der Waals surface area contributed by atoms with E-state index in [0.717, 1.165) is 0 Å². The van der Waals surface area contributed by atoms with Gasteiger partial charge in [-0.05, 0) is 59.7 Å². The molecule has 186 valence electrons. The second-order valence-electron chi connectivity index (χ2n) is 8.50. The van der Waals surface area contributed by atoms with Crippen LogP contribution >= 0.6 is 11.6 Å². The van der Waals surface area contributed by atoms with Crippen molar-refractivity contribution in [2.75, 3.05) is 7.11 Å². The number of hydrogen-bond acceptors (Lipinski definition) is 6. The van der Waals surface area contributed by atoms with Crippen molar-refractivity contribution in [1.29, 1.82) is 0 Å². The average Bonchev–Trinajstić information content (AvgIpc) is 3.43. The van der Waals surface area contributed by atoms with Gasteiger partial charge in [0.15, 0.2) is 11.5 Å². The van der Waals surface area contributed by atoms with Crippen molar-refractivity contribution in [3.8, 4) is 5.75 Å². The van der Waals surface area contributed by atoms with Crippen molar-refractivity contribution in [3.63, 3.8) is 0 Å². The van der Waals surface area contributed by atoms with Crippen molar-refractivity contribution in [2.45, 2.75) is 12.6 Å². The lowest BCUT2D eigenvalue weighted by atomic mass is 9.94. The lowest BCUT2D eigenvalue weighted by Crippen LogP contribution is -2.30. The number of hydrogen-bond donors (Lipinski definition) is 2. The Balaban J connectivity index is 1.56. The normalized spacial score (nSPS) is 15.5. The summed E-state index contributed by atoms with van der Waals surface area (Å²) in [5.74, 6) is -2.57. The summed E-state index contributed by atoms with van der Waals surface area (Å²) in [7, 11) is 1.52. The molecule has 0 spiro atoms. The highest BCUT2D eigenvalue weighted by Crippen LogP contribution is 2.41. The highest BCUT2D eigenvalue weighted by molar-refractivity contribution is 6.31. The number of fused-ring (bicyclic) bond motifs is 1. The van der Waals surface area contributed by atoms with Crippen LogP contribution in [0.4, 0.5) is 0 Å². The highest BCUT2D eigenvalue weighted by Gasteiger charge is 2.44. The van der Waals surface area contributed by atoms with Crippen LogP contribution in [0, 0.1) is 0 Å². The predicted molar refractivity (Wildman–Crippen MR) is 135 cm³/mol. The Morgan fingerprint density at radius 1 is 1.03 bits per heavy atom. The molecule has 0 aliphatic carbocycles. The van der Waals surface area contributed by atoms with E-state index in [4.69, 9.17) is 20.8 Å². The number of methoxy groups -OCH3 is 1. The molecule has 9 heteroatoms. The van der Waals surface area contributed by atoms with Gasteiger partial charge in [-0.15, -0.1) is 0 Å². The first-order valence-electron chi connectivity index (χ1n) is 11.2. The average molecular weight is 518 g/mol. The zero-order chi connectivity index (χ0) is 26.3. The minimum absolute atomic E-state index is 0.0198. The van der Waals surface area contributed by atoms with Crippen molar-refractivity contribution in [1.82, 2.24) is 4.90 Å². The van der Waals surface area contributed by atoms with Gasteiger partial charge in [-0.2, -0.15) is 0 Å². The number of Topliss-reactive ketones (excluding diaryl/α,β-unsaturated/α-hetero) is 1. The predicted octanol–water partition coefficient (Wildman–Crippen LogP) is 5.57. The fourth-order valence-electron chi connectivity index (χ4n) is 4.39. The Labute approximate surface area is 215 Å². The van der Waals surface area contributed by atoms with E-state index in [9.17, 15) is 24.6 Å². The summed E-state index contributed by atoms with van der Waals surface area (Å²) in [5.41, 5.74) is 1.61. The number of aliphatic hydroxyl groups is 1. The Morgan fingerprint density at radius 3 is 2.38 bits per heavy atom. The molecule has 1 atom stereocenters. The standard InChI is InChI=1S/C28H20ClNO7/c1-36-20-9-6-16(7-10-20)24-23(25(31)22-13-18-12-19(29)8-11-21(18)37-22)26(32)27(33)30(24)14-15-2-4-17(5-3-15)28(34)35/h2-13,24,32H,14H2,1H3,(H,34,35). The maximum absolute atomic E-state index is 13.7. The van der Waals surface area contributed by atoms with Crippen molar-refractivity contribution >= 4 is 40.2 Å². The molecule has 0 saturated carbocycles. The highest BCUT2D eigenvalue weighted by atomic mass is 35.5. The maximum Gasteiger partial charge on any atom is 0.335 e. The summed E-state index contributed by atoms with van der Waals surface area (Å²) < 4.78 is 11.0. The smallest absolute Gasteiger partial charge is 0.335 e. The first kappa shape index (κ1) is 24.1. The number of rotatable bonds is 7. The molecular weight excluding hydrogens is 498 g/mol. The van der Waals surface area contributed by atoms with Crippen LogP contribution in [0.5, 0.6) is 5.75 Å². The van der Waals surface area contributed by atoms with Crippen LogP contribution < -0.4 is 4.74 Å². The first-order chi connectivity index (χ1) is 17.8. The number of amides is 1. The lowest BCUT2D eigenvalue weighted by Gasteiger charge is -2.27. The SMILES string of the molecule is COc1ccc(C2C(C(=O)c3cc4cc(Cl)ccc4o3)=C(O)C(=O)N2Cc2ccc(C(=O)O)cc2)cc1. The summed E-state index contributed by atoms with van der Waals surface area (Å²) in [5, 5.41) is 21.2. The molecule has 2 heterocycles. The Morgan fingerprint density at radius 2 is 1.73 bits per heavy atom. The van der Waals surface area contributed by atoms with Gasteiger partial charge < -0.3 is 24.3 Å². The molecule has 8 nitrogen and oxygen atoms in total. The van der Waals surface area contributed by atoms with Gasteiger partial charge in [0.2, 0.25) is 5.78 Å². The van der Waals surface area contributed by atoms with Gasteiger partial charge in [0.1, 0.15) is 11.3 Å². The molecule has 3 aromatic carbocycles. The number of ether oxygens (including phenoxy) is 1. The van der Waals surface area contributed by atoms with Crippen molar-refractivity contribution < 1.29 is 33.8 Å². The zero-order valence-corrected chi connectivity index (χ0v) is 20.2. The van der Waals surface area contributed by atoms with Crippen LogP contribution in [-0.4, -0.2) is 39.9 Å². The number of ketones is 1. The molecule has 0 saturated heterocycles. The molecule has 5 rings (SSSR count). The molecule has 0 bridgehead atoms. The van der Waals surface area contributed by atoms with Gasteiger partial charge >= 0.3 is 5.97 Å². The number of aromatic carboxylic acids is 1. The van der Waals surface area contributed by atoms with Crippen LogP contribution in [-0.2, 0) is 11.3 Å². The number of benzene rings is 3. The summed E-state index contributed by atoms with van der Waals surface area (Å²) in [6.45, 7) is 0.0198. The number of furan rings is 1. The first-order valence-corrected chi connectivity index (χ1v) is 11.6. The Hall–Kier alpha value is -4.56. The second-order valence-corrected chi connectivity index (χ2v) is 8.93. The molecule has 1 amide bonds. The monoisotopic (exact) mass is 517 g/mol. The molecule has 37 heavy (non-hydrogen) atoms. The van der Waals surface area contributed by atoms with Gasteiger partial charge in [0.05, 0.1) is 24.3 Å². The van der Waals surface area contributed by atoms with Crippen LogP contribution in [0.25, 0.3) is 11.0 Å². The van der Waals surface area contributed by atoms with Gasteiger partial charge in [0, 0.05) is 17.0 Å². The van der Waals surface area contributed by atoms with E-state index < -0.39 is 29.5 Å². The molecule has 1 aliphatic heterocycles. The third kappa shape index (κ3) is 4.43. The molecule has 0 fully saturated rings. The van der Waals surface area contributed by atoms with E-state index in [1.165, 1.54) is 30.2 Å². The van der Waals surface area contributed by atoms with Crippen LogP contribution in [0.3, 0.4) is 0 Å². The molecule has 1 unspecified atom stereocenters. The largest absolute Gasteiger partial charge is 0.503 e. The van der Waals surface area contributed by atoms with Crippen molar-refractivity contribution in [3.05, 3.63) is 112 Å². The van der Waals surface area contributed by atoms with Gasteiger partial charge in [-0.25, -0.2) is 4.79 Å². The number of nitrogens with zero attached hydrogens (tertiary/aromatic N) is 1. The maximum atomic E-state index is 13.7. The zero-order valence-electron chi connectivity index (χ0n) is 19.5. The third-order valence-electron chi connectivity index (χ3n) is 6.24. The second kappa shape index (κ2) is 9.48. The molecule has 0 radical (unpaired) electrons. The molecule has 1 aliphatic rings. The van der Waals surface area contributed by atoms with Crippen LogP contribution in [0.1, 0.15) is 38.1 Å². The fourth-order valence-corrected chi connectivity index (χ4v) is 4.57. The molecule has 2 N–H and O–H groups in total. The number of aliphatic hydroxyl groups excluding tert-OH is 1. The Kier molecular flexibility index (Phi) is 6.19. The number of halogens is 1. The minimum Gasteiger partial charge on any atom is -0.503 e. The summed E-state index contributed by atoms with van der Waals surface area (Å²) in [6.07, 6.45) is 0. The topological polar surface area (TPSA) is 117 Å². The Bertz CT molecular complexity index is 1570. The van der Waals surface area contributed by atoms with Crippen LogP contribution in [0.2, 0.25) is 5.02 Å². The van der Waals surface area contributed by atoms with E-state index >= 15 is 0 Å². The van der Waals surface area contributed by atoms with Crippen molar-refractivity contribution in [2.24, 2.45) is 0 Å². The van der Waals surface area contributed by atoms with E-state index in [-0.39, 0.29) is 23.4 Å². The molecule has 1 aromatic heterocycles. The third-order valence-corrected chi connectivity index (χ3v) is 6.47. The number of carbonyl (C=O) groups excluding carboxylic acids is 2. The van der Waals surface area contributed by atoms with Gasteiger partial charge in [0.25, 0.3) is 5.91 Å². The minimum atomic E-state index is -1.07. The number of carboxylic acids is 1. The van der Waals surface area contributed by atoms with Crippen LogP contribution in [0.15, 0.2) is 88.5 Å². The summed E-state index contributed by atoms with van der Waals surface area (Å²) in [6, 6.07) is 18.4. The molecule has 4 aromatic rings. The van der Waals surface area contributed by atoms with E-state index in [0.29, 0.717) is 32.9 Å². The van der Waals surface area contributed by atoms with E-state index in [1.807, 2.05) is 0 Å².